The van der Waals surface area contributed by atoms with Gasteiger partial charge in [-0.1, -0.05) is 31.2 Å². The van der Waals surface area contributed by atoms with Gasteiger partial charge in [0.15, 0.2) is 0 Å². The molecule has 29 heavy (non-hydrogen) atoms. The van der Waals surface area contributed by atoms with Gasteiger partial charge in [-0.05, 0) is 36.6 Å². The first kappa shape index (κ1) is 19.1. The van der Waals surface area contributed by atoms with Crippen LogP contribution in [0.25, 0.3) is 21.3 Å². The Hall–Kier alpha value is -3.19. The molecule has 0 N–H and O–H groups in total. The van der Waals surface area contributed by atoms with Crippen LogP contribution in [0.5, 0.6) is 0 Å². The van der Waals surface area contributed by atoms with Crippen molar-refractivity contribution in [1.29, 1.82) is 0 Å². The monoisotopic (exact) mass is 408 g/mol. The highest BCUT2D eigenvalue weighted by Gasteiger charge is 2.16. The molecule has 0 amide bonds. The lowest BCUT2D eigenvalue weighted by Gasteiger charge is -2.05. The fourth-order valence-corrected chi connectivity index (χ4v) is 4.06. The number of nitrogens with zero attached hydrogens (tertiary/aromatic N) is 2. The zero-order chi connectivity index (χ0) is 20.4. The van der Waals surface area contributed by atoms with Crippen molar-refractivity contribution in [1.82, 2.24) is 9.55 Å². The molecule has 148 valence electrons. The minimum Gasteiger partial charge on any atom is -0.460 e. The van der Waals surface area contributed by atoms with Gasteiger partial charge in [-0.15, -0.1) is 11.3 Å². The number of carbonyl (C=O) groups excluding carboxylic acids is 1. The molecule has 0 radical (unpaired) electrons. The molecule has 0 saturated carbocycles. The van der Waals surface area contributed by atoms with E-state index in [1.54, 1.807) is 19.1 Å². The topological polar surface area (TPSA) is 74.3 Å². The van der Waals surface area contributed by atoms with Crippen molar-refractivity contribution in [2.45, 2.75) is 26.8 Å². The summed E-state index contributed by atoms with van der Waals surface area (Å²) < 4.78 is 12.0. The number of hydrogen-bond donors (Lipinski definition) is 0. The van der Waals surface area contributed by atoms with Crippen LogP contribution in [0, 0.1) is 0 Å². The van der Waals surface area contributed by atoms with E-state index < -0.39 is 5.97 Å². The molecular weight excluding hydrogens is 388 g/mol. The van der Waals surface area contributed by atoms with Crippen LogP contribution in [-0.2, 0) is 17.7 Å². The van der Waals surface area contributed by atoms with Crippen molar-refractivity contribution in [3.8, 4) is 11.1 Å². The van der Waals surface area contributed by atoms with E-state index in [-0.39, 0.29) is 24.5 Å². The van der Waals surface area contributed by atoms with Gasteiger partial charge < -0.3 is 9.15 Å². The third-order valence-corrected chi connectivity index (χ3v) is 5.58. The fraction of sp³-hybridized carbons (Fsp3) is 0.227. The van der Waals surface area contributed by atoms with Crippen LogP contribution in [0.15, 0.2) is 57.3 Å². The Bertz CT molecular complexity index is 1220. The maximum atomic E-state index is 13.2. The highest BCUT2D eigenvalue weighted by atomic mass is 32.1. The Labute approximate surface area is 171 Å². The lowest BCUT2D eigenvalue weighted by molar-refractivity contribution is 0.0488. The third kappa shape index (κ3) is 3.73. The molecule has 0 aliphatic carbocycles. The lowest BCUT2D eigenvalue weighted by atomic mass is 10.0. The fourth-order valence-electron chi connectivity index (χ4n) is 3.16. The van der Waals surface area contributed by atoms with Gasteiger partial charge >= 0.3 is 5.97 Å². The molecule has 4 rings (SSSR count). The smallest absolute Gasteiger partial charge is 0.374 e. The Morgan fingerprint density at radius 3 is 2.69 bits per heavy atom. The zero-order valence-electron chi connectivity index (χ0n) is 16.2. The summed E-state index contributed by atoms with van der Waals surface area (Å²) in [6.45, 7) is 4.30. The van der Waals surface area contributed by atoms with Crippen molar-refractivity contribution < 1.29 is 13.9 Å². The first-order chi connectivity index (χ1) is 14.1. The van der Waals surface area contributed by atoms with Gasteiger partial charge in [0.25, 0.3) is 5.56 Å². The molecule has 4 aromatic rings. The van der Waals surface area contributed by atoms with Gasteiger partial charge in [0.05, 0.1) is 24.9 Å². The van der Waals surface area contributed by atoms with Gasteiger partial charge in [0, 0.05) is 10.9 Å². The number of furan rings is 1. The molecule has 7 heteroatoms. The summed E-state index contributed by atoms with van der Waals surface area (Å²) in [6, 6.07) is 11.4. The van der Waals surface area contributed by atoms with Crippen LogP contribution >= 0.6 is 11.3 Å². The zero-order valence-corrected chi connectivity index (χ0v) is 17.0. The van der Waals surface area contributed by atoms with Crippen LogP contribution in [0.1, 0.15) is 35.7 Å². The van der Waals surface area contributed by atoms with E-state index in [0.29, 0.717) is 16.0 Å². The minimum absolute atomic E-state index is 0.121. The van der Waals surface area contributed by atoms with Gasteiger partial charge in [-0.2, -0.15) is 0 Å². The minimum atomic E-state index is -0.518. The summed E-state index contributed by atoms with van der Waals surface area (Å²) in [5.74, 6) is 0.0897. The van der Waals surface area contributed by atoms with Gasteiger partial charge in [0.2, 0.25) is 5.76 Å². The SMILES string of the molecule is CCOC(=O)c1ccc(Cn2cnc3scc(-c4ccc(CC)cc4)c3c2=O)o1. The maximum Gasteiger partial charge on any atom is 0.374 e. The predicted octanol–water partition coefficient (Wildman–Crippen LogP) is 4.51. The molecule has 3 aromatic heterocycles. The molecule has 0 aliphatic rings. The Morgan fingerprint density at radius 1 is 1.17 bits per heavy atom. The molecule has 3 heterocycles. The van der Waals surface area contributed by atoms with E-state index in [9.17, 15) is 9.59 Å². The Morgan fingerprint density at radius 2 is 1.97 bits per heavy atom. The molecule has 0 unspecified atom stereocenters. The van der Waals surface area contributed by atoms with E-state index in [1.165, 1.54) is 27.8 Å². The quantitative estimate of drug-likeness (QED) is 0.439. The number of esters is 1. The third-order valence-electron chi connectivity index (χ3n) is 4.70. The second-order valence-electron chi connectivity index (χ2n) is 6.54. The number of hydrogen-bond acceptors (Lipinski definition) is 6. The van der Waals surface area contributed by atoms with E-state index in [0.717, 1.165) is 17.5 Å². The predicted molar refractivity (Wildman–Crippen MR) is 112 cm³/mol. The van der Waals surface area contributed by atoms with Crippen molar-refractivity contribution in [2.75, 3.05) is 6.61 Å². The van der Waals surface area contributed by atoms with E-state index in [1.807, 2.05) is 17.5 Å². The highest BCUT2D eigenvalue weighted by molar-refractivity contribution is 7.17. The molecule has 0 fully saturated rings. The molecule has 0 bridgehead atoms. The van der Waals surface area contributed by atoms with Crippen molar-refractivity contribution >= 4 is 27.5 Å². The average Bonchev–Trinajstić information content (AvgIpc) is 3.38. The second kappa shape index (κ2) is 8.05. The molecule has 0 atom stereocenters. The number of ether oxygens (including phenoxy) is 1. The number of rotatable bonds is 6. The summed E-state index contributed by atoms with van der Waals surface area (Å²) in [5, 5.41) is 2.56. The molecule has 0 spiro atoms. The Kier molecular flexibility index (Phi) is 5.31. The van der Waals surface area contributed by atoms with E-state index >= 15 is 0 Å². The van der Waals surface area contributed by atoms with Crippen molar-refractivity contribution in [3.63, 3.8) is 0 Å². The van der Waals surface area contributed by atoms with Crippen LogP contribution in [0.4, 0.5) is 0 Å². The largest absolute Gasteiger partial charge is 0.460 e. The van der Waals surface area contributed by atoms with Crippen LogP contribution in [0.2, 0.25) is 0 Å². The van der Waals surface area contributed by atoms with E-state index in [2.05, 4.69) is 24.0 Å². The van der Waals surface area contributed by atoms with Crippen molar-refractivity contribution in [2.24, 2.45) is 0 Å². The van der Waals surface area contributed by atoms with E-state index in [4.69, 9.17) is 9.15 Å². The Balaban J connectivity index is 1.69. The molecular formula is C22H20N2O4S. The molecule has 6 nitrogen and oxygen atoms in total. The number of aryl methyl sites for hydroxylation is 1. The molecule has 1 aromatic carbocycles. The second-order valence-corrected chi connectivity index (χ2v) is 7.40. The van der Waals surface area contributed by atoms with Crippen LogP contribution in [-0.4, -0.2) is 22.1 Å². The summed E-state index contributed by atoms with van der Waals surface area (Å²) in [7, 11) is 0. The van der Waals surface area contributed by atoms with Crippen LogP contribution < -0.4 is 5.56 Å². The van der Waals surface area contributed by atoms with Crippen molar-refractivity contribution in [3.05, 3.63) is 75.5 Å². The summed E-state index contributed by atoms with van der Waals surface area (Å²) in [6.07, 6.45) is 2.48. The number of fused-ring (bicyclic) bond motifs is 1. The summed E-state index contributed by atoms with van der Waals surface area (Å²) >= 11 is 1.45. The first-order valence-electron chi connectivity index (χ1n) is 9.42. The lowest BCUT2D eigenvalue weighted by Crippen LogP contribution is -2.20. The number of benzene rings is 1. The number of thiophene rings is 1. The van der Waals surface area contributed by atoms with Gasteiger partial charge in [-0.3, -0.25) is 9.36 Å². The average molecular weight is 408 g/mol. The summed E-state index contributed by atoms with van der Waals surface area (Å²) in [4.78, 5) is 30.1. The maximum absolute atomic E-state index is 13.2. The normalized spacial score (nSPS) is 11.1. The van der Waals surface area contributed by atoms with Gasteiger partial charge in [-0.25, -0.2) is 9.78 Å². The first-order valence-corrected chi connectivity index (χ1v) is 10.3. The molecule has 0 saturated heterocycles. The highest BCUT2D eigenvalue weighted by Crippen LogP contribution is 2.30. The standard InChI is InChI=1S/C22H20N2O4S/c1-3-14-5-7-15(8-6-14)17-12-29-20-19(17)21(25)24(13-23-20)11-16-9-10-18(28-16)22(26)27-4-2/h5-10,12-13H,3-4,11H2,1-2H3. The molecule has 0 aliphatic heterocycles. The summed E-state index contributed by atoms with van der Waals surface area (Å²) in [5.41, 5.74) is 2.98. The van der Waals surface area contributed by atoms with Crippen LogP contribution in [0.3, 0.4) is 0 Å². The number of aromatic nitrogens is 2. The van der Waals surface area contributed by atoms with Gasteiger partial charge in [0.1, 0.15) is 10.6 Å². The number of carbonyl (C=O) groups is 1.